The summed E-state index contributed by atoms with van der Waals surface area (Å²) in [7, 11) is 0. The Hall–Kier alpha value is -0.930. The van der Waals surface area contributed by atoms with Crippen molar-refractivity contribution >= 4 is 21.6 Å². The molecule has 0 saturated carbocycles. The third-order valence-corrected chi connectivity index (χ3v) is 2.75. The summed E-state index contributed by atoms with van der Waals surface area (Å²) in [5.74, 6) is 0. The van der Waals surface area contributed by atoms with Crippen molar-refractivity contribution in [1.29, 1.82) is 0 Å². The van der Waals surface area contributed by atoms with Crippen LogP contribution in [0.15, 0.2) is 23.7 Å². The Balaban J connectivity index is 2.37. The highest BCUT2D eigenvalue weighted by atomic mass is 32.1. The molecule has 13 heavy (non-hydrogen) atoms. The van der Waals surface area contributed by atoms with Gasteiger partial charge in [0.25, 0.3) is 0 Å². The maximum Gasteiger partial charge on any atom is 0.0812 e. The van der Waals surface area contributed by atoms with Crippen LogP contribution in [0.2, 0.25) is 0 Å². The minimum atomic E-state index is 0.227. The minimum Gasteiger partial charge on any atom is -0.328 e. The van der Waals surface area contributed by atoms with Crippen molar-refractivity contribution in [3.8, 4) is 0 Å². The number of rotatable bonds is 2. The van der Waals surface area contributed by atoms with Crippen molar-refractivity contribution < 1.29 is 0 Å². The van der Waals surface area contributed by atoms with E-state index in [4.69, 9.17) is 5.73 Å². The molecule has 0 bridgehead atoms. The number of hydrogen-bond acceptors (Lipinski definition) is 3. The molecule has 68 valence electrons. The molecule has 0 fully saturated rings. The first kappa shape index (κ1) is 8.66. The molecule has 1 aromatic heterocycles. The number of fused-ring (bicyclic) bond motifs is 1. The van der Waals surface area contributed by atoms with Gasteiger partial charge in [-0.2, -0.15) is 0 Å². The number of thiazole rings is 1. The molecule has 1 atom stereocenters. The molecular formula is C10H12N2S. The fourth-order valence-electron chi connectivity index (χ4n) is 1.40. The molecule has 1 heterocycles. The molecule has 2 nitrogen and oxygen atoms in total. The van der Waals surface area contributed by atoms with Crippen LogP contribution < -0.4 is 5.73 Å². The first-order valence-corrected chi connectivity index (χ1v) is 5.21. The molecular weight excluding hydrogens is 180 g/mol. The predicted molar refractivity (Wildman–Crippen MR) is 57.0 cm³/mol. The van der Waals surface area contributed by atoms with Crippen molar-refractivity contribution in [3.05, 3.63) is 29.3 Å². The Bertz CT molecular complexity index is 406. The molecule has 0 aliphatic heterocycles. The number of aromatic nitrogens is 1. The molecule has 0 radical (unpaired) electrons. The molecule has 2 rings (SSSR count). The van der Waals surface area contributed by atoms with Crippen LogP contribution in [0, 0.1) is 0 Å². The Labute approximate surface area is 81.4 Å². The second-order valence-corrected chi connectivity index (χ2v) is 4.22. The molecule has 0 spiro atoms. The van der Waals surface area contributed by atoms with Gasteiger partial charge in [0.05, 0.1) is 15.7 Å². The van der Waals surface area contributed by atoms with E-state index >= 15 is 0 Å². The molecule has 3 heteroatoms. The molecule has 0 aliphatic carbocycles. The number of nitrogens with zero attached hydrogens (tertiary/aromatic N) is 1. The first-order chi connectivity index (χ1) is 6.25. The summed E-state index contributed by atoms with van der Waals surface area (Å²) in [5.41, 5.74) is 9.99. The van der Waals surface area contributed by atoms with Gasteiger partial charge in [0.15, 0.2) is 0 Å². The summed E-state index contributed by atoms with van der Waals surface area (Å²) < 4.78 is 1.25. The number of benzene rings is 1. The van der Waals surface area contributed by atoms with Gasteiger partial charge in [-0.05, 0) is 31.0 Å². The molecule has 1 aromatic carbocycles. The zero-order valence-electron chi connectivity index (χ0n) is 7.53. The molecule has 0 saturated heterocycles. The van der Waals surface area contributed by atoms with Crippen LogP contribution in [-0.2, 0) is 6.42 Å². The lowest BCUT2D eigenvalue weighted by molar-refractivity contribution is 0.739. The van der Waals surface area contributed by atoms with E-state index in [9.17, 15) is 0 Å². The van der Waals surface area contributed by atoms with Gasteiger partial charge in [-0.15, -0.1) is 11.3 Å². The second kappa shape index (κ2) is 3.44. The van der Waals surface area contributed by atoms with Crippen LogP contribution in [0.4, 0.5) is 0 Å². The Morgan fingerprint density at radius 2 is 2.38 bits per heavy atom. The van der Waals surface area contributed by atoms with Crippen LogP contribution in [0.5, 0.6) is 0 Å². The van der Waals surface area contributed by atoms with Crippen LogP contribution in [0.25, 0.3) is 10.2 Å². The summed E-state index contributed by atoms with van der Waals surface area (Å²) in [6.45, 7) is 2.02. The van der Waals surface area contributed by atoms with Gasteiger partial charge >= 0.3 is 0 Å². The SMILES string of the molecule is C[C@@H](N)Cc1ccc2ncsc2c1. The zero-order chi connectivity index (χ0) is 9.26. The molecule has 0 unspecified atom stereocenters. The largest absolute Gasteiger partial charge is 0.328 e. The molecule has 0 aliphatic rings. The maximum atomic E-state index is 5.73. The highest BCUT2D eigenvalue weighted by Gasteiger charge is 2.00. The van der Waals surface area contributed by atoms with Gasteiger partial charge in [0.1, 0.15) is 0 Å². The van der Waals surface area contributed by atoms with E-state index in [-0.39, 0.29) is 6.04 Å². The second-order valence-electron chi connectivity index (χ2n) is 3.34. The summed E-state index contributed by atoms with van der Waals surface area (Å²) in [4.78, 5) is 4.23. The highest BCUT2D eigenvalue weighted by molar-refractivity contribution is 7.16. The van der Waals surface area contributed by atoms with Crippen molar-refractivity contribution in [3.63, 3.8) is 0 Å². The van der Waals surface area contributed by atoms with Crippen LogP contribution in [-0.4, -0.2) is 11.0 Å². The lowest BCUT2D eigenvalue weighted by Gasteiger charge is -2.04. The van der Waals surface area contributed by atoms with Gasteiger partial charge in [0, 0.05) is 6.04 Å². The lowest BCUT2D eigenvalue weighted by atomic mass is 10.1. The van der Waals surface area contributed by atoms with E-state index in [1.54, 1.807) is 11.3 Å². The summed E-state index contributed by atoms with van der Waals surface area (Å²) in [6, 6.07) is 6.57. The monoisotopic (exact) mass is 192 g/mol. The van der Waals surface area contributed by atoms with Crippen molar-refractivity contribution in [2.24, 2.45) is 5.73 Å². The van der Waals surface area contributed by atoms with Gasteiger partial charge in [-0.25, -0.2) is 4.98 Å². The third kappa shape index (κ3) is 1.87. The van der Waals surface area contributed by atoms with Crippen molar-refractivity contribution in [2.45, 2.75) is 19.4 Å². The Morgan fingerprint density at radius 1 is 1.54 bits per heavy atom. The zero-order valence-corrected chi connectivity index (χ0v) is 8.34. The topological polar surface area (TPSA) is 38.9 Å². The van der Waals surface area contributed by atoms with Crippen LogP contribution in [0.3, 0.4) is 0 Å². The molecule has 2 N–H and O–H groups in total. The van der Waals surface area contributed by atoms with Gasteiger partial charge in [0.2, 0.25) is 0 Å². The fraction of sp³-hybridized carbons (Fsp3) is 0.300. The van der Waals surface area contributed by atoms with Gasteiger partial charge < -0.3 is 5.73 Å². The van der Waals surface area contributed by atoms with E-state index in [1.165, 1.54) is 10.3 Å². The quantitative estimate of drug-likeness (QED) is 0.792. The maximum absolute atomic E-state index is 5.73. The van der Waals surface area contributed by atoms with Gasteiger partial charge in [-0.3, -0.25) is 0 Å². The van der Waals surface area contributed by atoms with E-state index in [0.717, 1.165) is 11.9 Å². The fourth-order valence-corrected chi connectivity index (χ4v) is 2.14. The van der Waals surface area contributed by atoms with E-state index in [2.05, 4.69) is 23.2 Å². The van der Waals surface area contributed by atoms with E-state index < -0.39 is 0 Å². The molecule has 2 aromatic rings. The highest BCUT2D eigenvalue weighted by Crippen LogP contribution is 2.19. The molecule has 0 amide bonds. The van der Waals surface area contributed by atoms with E-state index in [0.29, 0.717) is 0 Å². The van der Waals surface area contributed by atoms with Crippen molar-refractivity contribution in [2.75, 3.05) is 0 Å². The minimum absolute atomic E-state index is 0.227. The number of nitrogens with two attached hydrogens (primary N) is 1. The third-order valence-electron chi connectivity index (χ3n) is 1.95. The smallest absolute Gasteiger partial charge is 0.0812 e. The van der Waals surface area contributed by atoms with Gasteiger partial charge in [-0.1, -0.05) is 6.07 Å². The lowest BCUT2D eigenvalue weighted by Crippen LogP contribution is -2.17. The predicted octanol–water partition coefficient (Wildman–Crippen LogP) is 2.19. The summed E-state index contributed by atoms with van der Waals surface area (Å²) in [5, 5.41) is 0. The summed E-state index contributed by atoms with van der Waals surface area (Å²) >= 11 is 1.68. The average Bonchev–Trinajstić information content (AvgIpc) is 2.49. The van der Waals surface area contributed by atoms with Crippen LogP contribution in [0.1, 0.15) is 12.5 Å². The normalized spacial score (nSPS) is 13.4. The summed E-state index contributed by atoms with van der Waals surface area (Å²) in [6.07, 6.45) is 0.938. The number of hydrogen-bond donors (Lipinski definition) is 1. The van der Waals surface area contributed by atoms with Crippen molar-refractivity contribution in [1.82, 2.24) is 4.98 Å². The van der Waals surface area contributed by atoms with Crippen LogP contribution >= 0.6 is 11.3 Å². The van der Waals surface area contributed by atoms with E-state index in [1.807, 2.05) is 12.4 Å². The Kier molecular flexibility index (Phi) is 2.29. The average molecular weight is 192 g/mol. The Morgan fingerprint density at radius 3 is 3.15 bits per heavy atom. The standard InChI is InChI=1S/C10H12N2S/c1-7(11)4-8-2-3-9-10(5-8)13-6-12-9/h2-3,5-7H,4,11H2,1H3/t7-/m1/s1. The first-order valence-electron chi connectivity index (χ1n) is 4.33.